The lowest BCUT2D eigenvalue weighted by molar-refractivity contribution is -0.132. The predicted molar refractivity (Wildman–Crippen MR) is 113 cm³/mol. The van der Waals surface area contributed by atoms with Gasteiger partial charge in [-0.25, -0.2) is 0 Å². The Morgan fingerprint density at radius 1 is 1.04 bits per heavy atom. The number of nitrogens with one attached hydrogen (secondary N) is 1. The van der Waals surface area contributed by atoms with Gasteiger partial charge in [0.15, 0.2) is 0 Å². The maximum absolute atomic E-state index is 12.4. The van der Waals surface area contributed by atoms with E-state index in [-0.39, 0.29) is 18.4 Å². The molecule has 2 aromatic carbocycles. The largest absolute Gasteiger partial charge is 0.336 e. The van der Waals surface area contributed by atoms with Gasteiger partial charge in [-0.05, 0) is 41.9 Å². The second-order valence-electron chi connectivity index (χ2n) is 7.09. The van der Waals surface area contributed by atoms with E-state index in [1.807, 2.05) is 42.7 Å². The first-order chi connectivity index (χ1) is 12.9. The number of benzene rings is 2. The summed E-state index contributed by atoms with van der Waals surface area (Å²) >= 11 is 1.57. The quantitative estimate of drug-likeness (QED) is 0.692. The fourth-order valence-corrected chi connectivity index (χ4v) is 3.37. The van der Waals surface area contributed by atoms with Crippen molar-refractivity contribution in [2.45, 2.75) is 31.6 Å². The van der Waals surface area contributed by atoms with Crippen LogP contribution in [0.4, 0.5) is 5.69 Å². The molecular formula is C22H28N2O2S. The van der Waals surface area contributed by atoms with Gasteiger partial charge < -0.3 is 10.2 Å². The minimum Gasteiger partial charge on any atom is -0.336 e. The highest BCUT2D eigenvalue weighted by atomic mass is 32.2. The van der Waals surface area contributed by atoms with Crippen LogP contribution >= 0.6 is 11.8 Å². The number of rotatable bonds is 8. The lowest BCUT2D eigenvalue weighted by Gasteiger charge is -2.18. The van der Waals surface area contributed by atoms with E-state index in [0.717, 1.165) is 22.6 Å². The molecule has 0 heterocycles. The molecule has 0 unspecified atom stereocenters. The predicted octanol–water partition coefficient (Wildman–Crippen LogP) is 4.25. The molecule has 0 spiro atoms. The molecule has 0 aliphatic heterocycles. The molecule has 27 heavy (non-hydrogen) atoms. The Labute approximate surface area is 166 Å². The van der Waals surface area contributed by atoms with E-state index in [0.29, 0.717) is 12.3 Å². The molecule has 0 saturated heterocycles. The highest BCUT2D eigenvalue weighted by molar-refractivity contribution is 7.98. The molecule has 0 bridgehead atoms. The van der Waals surface area contributed by atoms with Crippen LogP contribution in [0.5, 0.6) is 0 Å². The van der Waals surface area contributed by atoms with Gasteiger partial charge >= 0.3 is 0 Å². The van der Waals surface area contributed by atoms with E-state index >= 15 is 0 Å². The first-order valence-electron chi connectivity index (χ1n) is 9.13. The molecule has 0 aliphatic rings. The molecule has 0 atom stereocenters. The van der Waals surface area contributed by atoms with Crippen molar-refractivity contribution in [1.82, 2.24) is 4.90 Å². The monoisotopic (exact) mass is 384 g/mol. The Kier molecular flexibility index (Phi) is 7.92. The lowest BCUT2D eigenvalue weighted by Crippen LogP contribution is -2.35. The van der Waals surface area contributed by atoms with Crippen molar-refractivity contribution in [2.24, 2.45) is 5.92 Å². The molecule has 2 amide bonds. The van der Waals surface area contributed by atoms with Gasteiger partial charge in [0.2, 0.25) is 11.8 Å². The van der Waals surface area contributed by atoms with E-state index in [1.54, 1.807) is 18.8 Å². The first kappa shape index (κ1) is 21.0. The molecule has 1 N–H and O–H groups in total. The highest BCUT2D eigenvalue weighted by Gasteiger charge is 2.14. The van der Waals surface area contributed by atoms with Crippen LogP contribution in [0.15, 0.2) is 53.4 Å². The maximum Gasteiger partial charge on any atom is 0.244 e. The number of carbonyl (C=O) groups excluding carboxylic acids is 2. The molecule has 2 aromatic rings. The van der Waals surface area contributed by atoms with Crippen LogP contribution in [0, 0.1) is 5.92 Å². The summed E-state index contributed by atoms with van der Waals surface area (Å²) in [6.45, 7) is 4.41. The highest BCUT2D eigenvalue weighted by Crippen LogP contribution is 2.24. The Bertz CT molecular complexity index is 772. The topological polar surface area (TPSA) is 49.4 Å². The van der Waals surface area contributed by atoms with Crippen molar-refractivity contribution in [3.8, 4) is 0 Å². The average Bonchev–Trinajstić information content (AvgIpc) is 2.63. The van der Waals surface area contributed by atoms with Crippen LogP contribution in [0.3, 0.4) is 0 Å². The second-order valence-corrected chi connectivity index (χ2v) is 7.94. The summed E-state index contributed by atoms with van der Waals surface area (Å²) in [4.78, 5) is 27.2. The van der Waals surface area contributed by atoms with E-state index in [9.17, 15) is 9.59 Å². The van der Waals surface area contributed by atoms with E-state index in [4.69, 9.17) is 0 Å². The molecule has 0 aliphatic carbocycles. The third kappa shape index (κ3) is 6.75. The number of carbonyl (C=O) groups is 2. The van der Waals surface area contributed by atoms with Gasteiger partial charge in [-0.15, -0.1) is 11.8 Å². The van der Waals surface area contributed by atoms with Gasteiger partial charge in [-0.3, -0.25) is 9.59 Å². The van der Waals surface area contributed by atoms with Gasteiger partial charge in [0.05, 0.1) is 18.7 Å². The molecule has 0 fully saturated rings. The number of amides is 2. The number of thioether (sulfide) groups is 1. The van der Waals surface area contributed by atoms with Crippen molar-refractivity contribution >= 4 is 29.3 Å². The third-order valence-corrected chi connectivity index (χ3v) is 5.01. The van der Waals surface area contributed by atoms with Gasteiger partial charge in [-0.1, -0.05) is 50.2 Å². The summed E-state index contributed by atoms with van der Waals surface area (Å²) in [7, 11) is 1.66. The molecule has 4 nitrogen and oxygen atoms in total. The normalized spacial score (nSPS) is 10.7. The van der Waals surface area contributed by atoms with E-state index < -0.39 is 0 Å². The van der Waals surface area contributed by atoms with Crippen molar-refractivity contribution < 1.29 is 9.59 Å². The maximum atomic E-state index is 12.4. The number of hydrogen-bond donors (Lipinski definition) is 1. The minimum absolute atomic E-state index is 0.0347. The molecule has 144 valence electrons. The van der Waals surface area contributed by atoms with Crippen molar-refractivity contribution in [3.05, 3.63) is 59.7 Å². The smallest absolute Gasteiger partial charge is 0.244 e. The lowest BCUT2D eigenvalue weighted by atomic mass is 10.0. The van der Waals surface area contributed by atoms with Crippen LogP contribution in [0.25, 0.3) is 0 Å². The van der Waals surface area contributed by atoms with Crippen LogP contribution in [0.1, 0.15) is 25.0 Å². The average molecular weight is 385 g/mol. The van der Waals surface area contributed by atoms with Gasteiger partial charge in [0.25, 0.3) is 0 Å². The van der Waals surface area contributed by atoms with Crippen LogP contribution in [-0.2, 0) is 22.4 Å². The number of para-hydroxylation sites is 1. The molecule has 0 aromatic heterocycles. The van der Waals surface area contributed by atoms with Crippen LogP contribution in [-0.4, -0.2) is 36.6 Å². The molecule has 0 radical (unpaired) electrons. The standard InChI is InChI=1S/C22H28N2O2S/c1-16(2)13-17-9-11-18(12-10-17)14-22(26)24(3)15-21(25)23-19-7-5-6-8-20(19)27-4/h5-12,16H,13-15H2,1-4H3,(H,23,25). The van der Waals surface area contributed by atoms with Crippen LogP contribution < -0.4 is 5.32 Å². The summed E-state index contributed by atoms with van der Waals surface area (Å²) in [5.41, 5.74) is 3.02. The zero-order valence-electron chi connectivity index (χ0n) is 16.5. The molecule has 2 rings (SSSR count). The Balaban J connectivity index is 1.88. The van der Waals surface area contributed by atoms with Crippen molar-refractivity contribution in [3.63, 3.8) is 0 Å². The summed E-state index contributed by atoms with van der Waals surface area (Å²) in [6, 6.07) is 15.8. The SMILES string of the molecule is CSc1ccccc1NC(=O)CN(C)C(=O)Cc1ccc(CC(C)C)cc1. The zero-order valence-corrected chi connectivity index (χ0v) is 17.3. The third-order valence-electron chi connectivity index (χ3n) is 4.21. The van der Waals surface area contributed by atoms with Crippen molar-refractivity contribution in [2.75, 3.05) is 25.2 Å². The molecular weight excluding hydrogens is 356 g/mol. The number of nitrogens with zero attached hydrogens (tertiary/aromatic N) is 1. The van der Waals surface area contributed by atoms with Gasteiger partial charge in [0, 0.05) is 11.9 Å². The first-order valence-corrected chi connectivity index (χ1v) is 10.4. The Morgan fingerprint density at radius 2 is 1.67 bits per heavy atom. The Hall–Kier alpha value is -2.27. The Morgan fingerprint density at radius 3 is 2.30 bits per heavy atom. The van der Waals surface area contributed by atoms with Gasteiger partial charge in [-0.2, -0.15) is 0 Å². The zero-order chi connectivity index (χ0) is 19.8. The fourth-order valence-electron chi connectivity index (χ4n) is 2.82. The van der Waals surface area contributed by atoms with E-state index in [1.165, 1.54) is 10.5 Å². The summed E-state index contributed by atoms with van der Waals surface area (Å²) in [5, 5.41) is 2.88. The minimum atomic E-state index is -0.195. The second kappa shape index (κ2) is 10.2. The van der Waals surface area contributed by atoms with Crippen LogP contribution in [0.2, 0.25) is 0 Å². The van der Waals surface area contributed by atoms with E-state index in [2.05, 4.69) is 31.3 Å². The fraction of sp³-hybridized carbons (Fsp3) is 0.364. The number of hydrogen-bond acceptors (Lipinski definition) is 3. The van der Waals surface area contributed by atoms with Crippen molar-refractivity contribution in [1.29, 1.82) is 0 Å². The summed E-state index contributed by atoms with van der Waals surface area (Å²) < 4.78 is 0. The number of likely N-dealkylation sites (N-methyl/N-ethyl adjacent to an activating group) is 1. The summed E-state index contributed by atoms with van der Waals surface area (Å²) in [5.74, 6) is 0.345. The molecule has 5 heteroatoms. The molecule has 0 saturated carbocycles. The summed E-state index contributed by atoms with van der Waals surface area (Å²) in [6.07, 6.45) is 3.30. The van der Waals surface area contributed by atoms with Gasteiger partial charge in [0.1, 0.15) is 0 Å². The number of anilines is 1.